The first-order valence-electron chi connectivity index (χ1n) is 6.04. The molecule has 0 heterocycles. The Bertz CT molecular complexity index is 128. The Morgan fingerprint density at radius 1 is 0.800 bits per heavy atom. The molecule has 0 saturated carbocycles. The average molecular weight is 407 g/mol. The molecule has 2 atom stereocenters. The van der Waals surface area contributed by atoms with Crippen LogP contribution in [0.2, 0.25) is 0 Å². The van der Waals surface area contributed by atoms with Gasteiger partial charge in [-0.25, -0.2) is 0 Å². The van der Waals surface area contributed by atoms with Gasteiger partial charge < -0.3 is 0 Å². The summed E-state index contributed by atoms with van der Waals surface area (Å²) in [7, 11) is 0. The second-order valence-electron chi connectivity index (χ2n) is 4.10. The summed E-state index contributed by atoms with van der Waals surface area (Å²) in [5.74, 6) is 0. The largest absolute Gasteiger partial charge is 0.0928 e. The fraction of sp³-hybridized carbons (Fsp3) is 1.00. The van der Waals surface area contributed by atoms with E-state index in [1.807, 2.05) is 0 Å². The van der Waals surface area contributed by atoms with Gasteiger partial charge in [0, 0.05) is 15.0 Å². The van der Waals surface area contributed by atoms with Crippen molar-refractivity contribution >= 4 is 47.8 Å². The molecule has 2 unspecified atom stereocenters. The number of hydrogen-bond acceptors (Lipinski definition) is 0. The van der Waals surface area contributed by atoms with Crippen molar-refractivity contribution in [2.75, 3.05) is 5.33 Å². The van der Waals surface area contributed by atoms with Crippen LogP contribution < -0.4 is 0 Å². The summed E-state index contributed by atoms with van der Waals surface area (Å²) >= 11 is 11.0. The van der Waals surface area contributed by atoms with Crippen LogP contribution in [0.4, 0.5) is 0 Å². The monoisotopic (exact) mass is 404 g/mol. The first-order valence-corrected chi connectivity index (χ1v) is 9.00. The van der Waals surface area contributed by atoms with E-state index in [0.717, 1.165) is 10.2 Å². The van der Waals surface area contributed by atoms with Crippen molar-refractivity contribution in [3.63, 3.8) is 0 Å². The summed E-state index contributed by atoms with van der Waals surface area (Å²) < 4.78 is 0. The van der Waals surface area contributed by atoms with Crippen molar-refractivity contribution in [2.45, 2.75) is 67.9 Å². The average Bonchev–Trinajstić information content (AvgIpc) is 2.18. The van der Waals surface area contributed by atoms with Crippen LogP contribution in [0.15, 0.2) is 0 Å². The summed E-state index contributed by atoms with van der Waals surface area (Å²) in [5, 5.41) is 1.11. The third-order valence-electron chi connectivity index (χ3n) is 2.58. The summed E-state index contributed by atoms with van der Waals surface area (Å²) in [6.07, 6.45) is 10.6. The lowest BCUT2D eigenvalue weighted by Crippen LogP contribution is -2.02. The molecule has 0 aliphatic heterocycles. The third-order valence-corrected chi connectivity index (χ3v) is 4.87. The first-order chi connectivity index (χ1) is 7.20. The quantitative estimate of drug-likeness (QED) is 0.306. The molecule has 0 aliphatic rings. The van der Waals surface area contributed by atoms with Crippen LogP contribution in [0, 0.1) is 0 Å². The minimum Gasteiger partial charge on any atom is -0.0928 e. The van der Waals surface area contributed by atoms with E-state index < -0.39 is 0 Å². The second-order valence-corrected chi connectivity index (χ2v) is 7.48. The number of rotatable bonds is 10. The summed E-state index contributed by atoms with van der Waals surface area (Å²) in [6.45, 7) is 2.26. The normalized spacial score (nSPS) is 15.2. The highest BCUT2D eigenvalue weighted by molar-refractivity contribution is 9.10. The van der Waals surface area contributed by atoms with Gasteiger partial charge in [0.05, 0.1) is 0 Å². The molecule has 15 heavy (non-hydrogen) atoms. The van der Waals surface area contributed by atoms with E-state index in [9.17, 15) is 0 Å². The maximum Gasteiger partial charge on any atom is 0.0153 e. The van der Waals surface area contributed by atoms with E-state index in [1.54, 1.807) is 0 Å². The highest BCUT2D eigenvalue weighted by Crippen LogP contribution is 2.21. The maximum absolute atomic E-state index is 3.77. The molecule has 0 spiro atoms. The molecule has 0 aromatic rings. The molecule has 0 N–H and O–H groups in total. The minimum absolute atomic E-state index is 0.701. The molecule has 3 heteroatoms. The molecule has 0 nitrogen and oxygen atoms in total. The first kappa shape index (κ1) is 16.4. The van der Waals surface area contributed by atoms with Crippen LogP contribution in [0.3, 0.4) is 0 Å². The topological polar surface area (TPSA) is 0 Å². The van der Waals surface area contributed by atoms with Gasteiger partial charge in [0.1, 0.15) is 0 Å². The van der Waals surface area contributed by atoms with Gasteiger partial charge in [0.2, 0.25) is 0 Å². The smallest absolute Gasteiger partial charge is 0.0153 e. The summed E-state index contributed by atoms with van der Waals surface area (Å²) in [4.78, 5) is 1.44. The lowest BCUT2D eigenvalue weighted by atomic mass is 10.1. The molecular formula is C12H23Br3. The molecule has 0 amide bonds. The third kappa shape index (κ3) is 11.7. The standard InChI is InChI=1S/C12H23Br3/c1-2-3-4-6-11(14)7-5-8-12(15)9-10-13/h11-12H,2-10H2,1H3. The van der Waals surface area contributed by atoms with Crippen LogP contribution >= 0.6 is 47.8 Å². The number of halogens is 3. The highest BCUT2D eigenvalue weighted by Gasteiger charge is 2.06. The Morgan fingerprint density at radius 2 is 1.33 bits per heavy atom. The van der Waals surface area contributed by atoms with E-state index in [2.05, 4.69) is 54.7 Å². The van der Waals surface area contributed by atoms with E-state index in [0.29, 0.717) is 4.83 Å². The molecule has 0 radical (unpaired) electrons. The van der Waals surface area contributed by atoms with Gasteiger partial charge in [-0.3, -0.25) is 0 Å². The van der Waals surface area contributed by atoms with E-state index in [4.69, 9.17) is 0 Å². The zero-order chi connectivity index (χ0) is 11.5. The Hall–Kier alpha value is 1.44. The SMILES string of the molecule is CCCCCC(Br)CCCC(Br)CCBr. The predicted molar refractivity (Wildman–Crippen MR) is 81.8 cm³/mol. The Morgan fingerprint density at radius 3 is 1.87 bits per heavy atom. The van der Waals surface area contributed by atoms with E-state index in [1.165, 1.54) is 51.4 Å². The molecule has 0 fully saturated rings. The van der Waals surface area contributed by atoms with Gasteiger partial charge >= 0.3 is 0 Å². The second kappa shape index (κ2) is 11.9. The Labute approximate surface area is 120 Å². The van der Waals surface area contributed by atoms with Crippen molar-refractivity contribution in [1.29, 1.82) is 0 Å². The van der Waals surface area contributed by atoms with Crippen LogP contribution in [0.25, 0.3) is 0 Å². The zero-order valence-electron chi connectivity index (χ0n) is 9.65. The number of hydrogen-bond donors (Lipinski definition) is 0. The van der Waals surface area contributed by atoms with Gasteiger partial charge in [-0.15, -0.1) is 0 Å². The lowest BCUT2D eigenvalue weighted by Gasteiger charge is -2.11. The molecule has 0 saturated heterocycles. The van der Waals surface area contributed by atoms with Crippen molar-refractivity contribution in [3.8, 4) is 0 Å². The zero-order valence-corrected chi connectivity index (χ0v) is 14.4. The van der Waals surface area contributed by atoms with Crippen molar-refractivity contribution in [2.24, 2.45) is 0 Å². The molecule has 0 rings (SSSR count). The molecule has 0 bridgehead atoms. The number of alkyl halides is 3. The van der Waals surface area contributed by atoms with Gasteiger partial charge in [0.15, 0.2) is 0 Å². The fourth-order valence-electron chi connectivity index (χ4n) is 1.58. The summed E-state index contributed by atoms with van der Waals surface area (Å²) in [5.41, 5.74) is 0. The van der Waals surface area contributed by atoms with Crippen molar-refractivity contribution in [1.82, 2.24) is 0 Å². The van der Waals surface area contributed by atoms with Gasteiger partial charge in [-0.1, -0.05) is 80.4 Å². The van der Waals surface area contributed by atoms with Gasteiger partial charge in [0.25, 0.3) is 0 Å². The van der Waals surface area contributed by atoms with Crippen LogP contribution in [0.1, 0.15) is 58.3 Å². The summed E-state index contributed by atoms with van der Waals surface area (Å²) in [6, 6.07) is 0. The fourth-order valence-corrected chi connectivity index (χ4v) is 3.95. The Kier molecular flexibility index (Phi) is 13.1. The Balaban J connectivity index is 3.26. The van der Waals surface area contributed by atoms with Crippen molar-refractivity contribution in [3.05, 3.63) is 0 Å². The number of unbranched alkanes of at least 4 members (excludes halogenated alkanes) is 2. The molecule has 0 aliphatic carbocycles. The van der Waals surface area contributed by atoms with Crippen LogP contribution in [-0.2, 0) is 0 Å². The molecule has 92 valence electrons. The lowest BCUT2D eigenvalue weighted by molar-refractivity contribution is 0.585. The maximum atomic E-state index is 3.77. The molecular weight excluding hydrogens is 384 g/mol. The highest BCUT2D eigenvalue weighted by atomic mass is 79.9. The van der Waals surface area contributed by atoms with E-state index >= 15 is 0 Å². The van der Waals surface area contributed by atoms with E-state index in [-0.39, 0.29) is 0 Å². The molecule has 0 aromatic heterocycles. The molecule has 0 aromatic carbocycles. The van der Waals surface area contributed by atoms with Crippen LogP contribution in [-0.4, -0.2) is 15.0 Å². The van der Waals surface area contributed by atoms with Crippen molar-refractivity contribution < 1.29 is 0 Å². The van der Waals surface area contributed by atoms with Gasteiger partial charge in [-0.05, 0) is 25.7 Å². The minimum atomic E-state index is 0.701. The van der Waals surface area contributed by atoms with Gasteiger partial charge in [-0.2, -0.15) is 0 Å². The van der Waals surface area contributed by atoms with Crippen LogP contribution in [0.5, 0.6) is 0 Å². The predicted octanol–water partition coefficient (Wildman–Crippen LogP) is 6.05.